The third-order valence-electron chi connectivity index (χ3n) is 3.22. The van der Waals surface area contributed by atoms with Crippen LogP contribution in [0.3, 0.4) is 0 Å². The van der Waals surface area contributed by atoms with Crippen molar-refractivity contribution in [2.75, 3.05) is 27.2 Å². The van der Waals surface area contributed by atoms with Crippen molar-refractivity contribution in [2.24, 2.45) is 4.99 Å². The van der Waals surface area contributed by atoms with Gasteiger partial charge in [0.15, 0.2) is 12.6 Å². The number of alkyl halides is 3. The van der Waals surface area contributed by atoms with Crippen molar-refractivity contribution in [3.8, 4) is 5.75 Å². The smallest absolute Gasteiger partial charge is 0.422 e. The second-order valence-corrected chi connectivity index (χ2v) is 5.19. The maximum atomic E-state index is 12.3. The van der Waals surface area contributed by atoms with Gasteiger partial charge in [0.2, 0.25) is 0 Å². The number of hydrogen-bond acceptors (Lipinski definition) is 2. The molecule has 138 valence electrons. The molecular formula is C16H25F3IN3O. The molecule has 0 spiro atoms. The first kappa shape index (κ1) is 22.8. The van der Waals surface area contributed by atoms with Crippen molar-refractivity contribution in [1.29, 1.82) is 0 Å². The maximum absolute atomic E-state index is 12.3. The van der Waals surface area contributed by atoms with E-state index in [1.165, 1.54) is 6.07 Å². The molecule has 4 nitrogen and oxygen atoms in total. The molecule has 0 aliphatic heterocycles. The summed E-state index contributed by atoms with van der Waals surface area (Å²) in [6.45, 7) is 2.02. The fourth-order valence-electron chi connectivity index (χ4n) is 2.01. The molecule has 0 radical (unpaired) electrons. The zero-order chi connectivity index (χ0) is 17.3. The summed E-state index contributed by atoms with van der Waals surface area (Å²) in [6, 6.07) is 6.68. The van der Waals surface area contributed by atoms with E-state index < -0.39 is 12.8 Å². The van der Waals surface area contributed by atoms with Gasteiger partial charge in [-0.15, -0.1) is 24.0 Å². The molecule has 0 saturated heterocycles. The molecule has 8 heteroatoms. The van der Waals surface area contributed by atoms with Gasteiger partial charge < -0.3 is 15.0 Å². The lowest BCUT2D eigenvalue weighted by Gasteiger charge is -2.22. The second kappa shape index (κ2) is 11.4. The van der Waals surface area contributed by atoms with Crippen LogP contribution in [0.1, 0.15) is 25.3 Å². The quantitative estimate of drug-likeness (QED) is 0.380. The summed E-state index contributed by atoms with van der Waals surface area (Å²) in [5.41, 5.74) is 0.654. The molecule has 24 heavy (non-hydrogen) atoms. The Morgan fingerprint density at radius 2 is 1.96 bits per heavy atom. The molecule has 0 bridgehead atoms. The highest BCUT2D eigenvalue weighted by Gasteiger charge is 2.28. The highest BCUT2D eigenvalue weighted by Crippen LogP contribution is 2.22. The van der Waals surface area contributed by atoms with Crippen LogP contribution >= 0.6 is 24.0 Å². The van der Waals surface area contributed by atoms with E-state index in [1.807, 2.05) is 11.9 Å². The molecule has 0 unspecified atom stereocenters. The Balaban J connectivity index is 0.00000529. The van der Waals surface area contributed by atoms with Crippen LogP contribution < -0.4 is 10.1 Å². The third-order valence-corrected chi connectivity index (χ3v) is 3.22. The van der Waals surface area contributed by atoms with Gasteiger partial charge in [-0.1, -0.05) is 31.5 Å². The molecule has 0 amide bonds. The van der Waals surface area contributed by atoms with Crippen LogP contribution in [0.25, 0.3) is 0 Å². The van der Waals surface area contributed by atoms with Crippen LogP contribution in [-0.2, 0) is 6.54 Å². The highest BCUT2D eigenvalue weighted by molar-refractivity contribution is 14.0. The monoisotopic (exact) mass is 459 g/mol. The Bertz CT molecular complexity index is 510. The first-order valence-corrected chi connectivity index (χ1v) is 7.56. The third kappa shape index (κ3) is 8.60. The Labute approximate surface area is 158 Å². The standard InChI is InChI=1S/C16H24F3N3O.HI/c1-4-5-10-22(3)15(20-2)21-11-13-8-6-7-9-14(13)23-12-16(17,18)19;/h6-9H,4-5,10-12H2,1-3H3,(H,20,21);1H. The fraction of sp³-hybridized carbons (Fsp3) is 0.562. The number of para-hydroxylation sites is 1. The van der Waals surface area contributed by atoms with E-state index in [4.69, 9.17) is 4.74 Å². The summed E-state index contributed by atoms with van der Waals surface area (Å²) in [5, 5.41) is 3.15. The summed E-state index contributed by atoms with van der Waals surface area (Å²) < 4.78 is 41.8. The molecule has 0 aromatic heterocycles. The van der Waals surface area contributed by atoms with Gasteiger partial charge in [-0.25, -0.2) is 0 Å². The molecule has 0 heterocycles. The maximum Gasteiger partial charge on any atom is 0.422 e. The zero-order valence-corrected chi connectivity index (χ0v) is 16.5. The second-order valence-electron chi connectivity index (χ2n) is 5.19. The van der Waals surface area contributed by atoms with Crippen LogP contribution in [0.4, 0.5) is 13.2 Å². The molecule has 1 N–H and O–H groups in total. The van der Waals surface area contributed by atoms with E-state index in [2.05, 4.69) is 17.2 Å². The molecule has 1 aromatic carbocycles. The number of nitrogens with one attached hydrogen (secondary N) is 1. The van der Waals surface area contributed by atoms with Crippen molar-refractivity contribution >= 4 is 29.9 Å². The van der Waals surface area contributed by atoms with Gasteiger partial charge in [-0.05, 0) is 12.5 Å². The molecule has 0 aliphatic rings. The van der Waals surface area contributed by atoms with Crippen LogP contribution in [0.2, 0.25) is 0 Å². The van der Waals surface area contributed by atoms with Gasteiger partial charge in [0, 0.05) is 32.7 Å². The summed E-state index contributed by atoms with van der Waals surface area (Å²) >= 11 is 0. The average molecular weight is 459 g/mol. The first-order valence-electron chi connectivity index (χ1n) is 7.56. The van der Waals surface area contributed by atoms with Crippen molar-refractivity contribution in [1.82, 2.24) is 10.2 Å². The van der Waals surface area contributed by atoms with E-state index in [0.29, 0.717) is 18.1 Å². The Kier molecular flexibility index (Phi) is 10.8. The van der Waals surface area contributed by atoms with Crippen molar-refractivity contribution < 1.29 is 17.9 Å². The van der Waals surface area contributed by atoms with E-state index in [0.717, 1.165) is 19.4 Å². The van der Waals surface area contributed by atoms with Gasteiger partial charge in [0.1, 0.15) is 5.75 Å². The summed E-state index contributed by atoms with van der Waals surface area (Å²) in [7, 11) is 3.61. The van der Waals surface area contributed by atoms with Gasteiger partial charge in [0.05, 0.1) is 0 Å². The van der Waals surface area contributed by atoms with Crippen molar-refractivity contribution in [3.05, 3.63) is 29.8 Å². The van der Waals surface area contributed by atoms with Crippen molar-refractivity contribution in [3.63, 3.8) is 0 Å². The minimum absolute atomic E-state index is 0. The molecular weight excluding hydrogens is 434 g/mol. The fourth-order valence-corrected chi connectivity index (χ4v) is 2.01. The number of nitrogens with zero attached hydrogens (tertiary/aromatic N) is 2. The Hall–Kier alpha value is -1.19. The topological polar surface area (TPSA) is 36.9 Å². The van der Waals surface area contributed by atoms with Crippen LogP contribution in [-0.4, -0.2) is 44.3 Å². The number of unbranched alkanes of at least 4 members (excludes halogenated alkanes) is 1. The normalized spacial score (nSPS) is 11.7. The SMILES string of the molecule is CCCCN(C)C(=NC)NCc1ccccc1OCC(F)(F)F.I. The van der Waals surface area contributed by atoms with Crippen molar-refractivity contribution in [2.45, 2.75) is 32.5 Å². The number of rotatable bonds is 7. The Morgan fingerprint density at radius 3 is 2.54 bits per heavy atom. The van der Waals surface area contributed by atoms with Crippen LogP contribution in [0, 0.1) is 0 Å². The molecule has 1 aromatic rings. The highest BCUT2D eigenvalue weighted by atomic mass is 127. The largest absolute Gasteiger partial charge is 0.484 e. The van der Waals surface area contributed by atoms with E-state index in [-0.39, 0.29) is 29.7 Å². The minimum atomic E-state index is -4.35. The number of benzene rings is 1. The predicted molar refractivity (Wildman–Crippen MR) is 101 cm³/mol. The van der Waals surface area contributed by atoms with Crippen LogP contribution in [0.5, 0.6) is 5.75 Å². The molecule has 1 rings (SSSR count). The lowest BCUT2D eigenvalue weighted by molar-refractivity contribution is -0.153. The first-order chi connectivity index (χ1) is 10.9. The number of ether oxygens (including phenoxy) is 1. The van der Waals surface area contributed by atoms with Gasteiger partial charge in [-0.2, -0.15) is 13.2 Å². The summed E-state index contributed by atoms with van der Waals surface area (Å²) in [5.74, 6) is 0.924. The Morgan fingerprint density at radius 1 is 1.29 bits per heavy atom. The van der Waals surface area contributed by atoms with E-state index >= 15 is 0 Å². The van der Waals surface area contributed by atoms with E-state index in [1.54, 1.807) is 25.2 Å². The molecule has 0 atom stereocenters. The molecule has 0 aliphatic carbocycles. The van der Waals surface area contributed by atoms with Crippen LogP contribution in [0.15, 0.2) is 29.3 Å². The molecule has 0 fully saturated rings. The summed E-state index contributed by atoms with van der Waals surface area (Å²) in [4.78, 5) is 6.17. The van der Waals surface area contributed by atoms with Gasteiger partial charge in [0.25, 0.3) is 0 Å². The summed E-state index contributed by atoms with van der Waals surface area (Å²) in [6.07, 6.45) is -2.23. The van der Waals surface area contributed by atoms with Gasteiger partial charge in [-0.3, -0.25) is 4.99 Å². The number of halogens is 4. The average Bonchev–Trinajstić information content (AvgIpc) is 2.51. The lowest BCUT2D eigenvalue weighted by atomic mass is 10.2. The predicted octanol–water partition coefficient (Wildman–Crippen LogP) is 4.05. The minimum Gasteiger partial charge on any atom is -0.484 e. The zero-order valence-electron chi connectivity index (χ0n) is 14.2. The number of guanidine groups is 1. The molecule has 0 saturated carbocycles. The lowest BCUT2D eigenvalue weighted by Crippen LogP contribution is -2.39. The van der Waals surface area contributed by atoms with E-state index in [9.17, 15) is 13.2 Å². The number of aliphatic imine (C=N–C) groups is 1. The number of hydrogen-bond donors (Lipinski definition) is 1. The van der Waals surface area contributed by atoms with Gasteiger partial charge >= 0.3 is 6.18 Å².